The summed E-state index contributed by atoms with van der Waals surface area (Å²) in [5, 5.41) is 0. The van der Waals surface area contributed by atoms with Crippen molar-refractivity contribution in [3.05, 3.63) is 0 Å². The van der Waals surface area contributed by atoms with Gasteiger partial charge in [-0.2, -0.15) is 0 Å². The van der Waals surface area contributed by atoms with E-state index in [9.17, 15) is 0 Å². The summed E-state index contributed by atoms with van der Waals surface area (Å²) in [4.78, 5) is 2.42. The van der Waals surface area contributed by atoms with Crippen LogP contribution in [0.25, 0.3) is 0 Å². The molecule has 0 bridgehead atoms. The summed E-state index contributed by atoms with van der Waals surface area (Å²) < 4.78 is 10.3. The Labute approximate surface area is 105 Å². The van der Waals surface area contributed by atoms with Crippen molar-refractivity contribution in [3.63, 3.8) is 0 Å². The van der Waals surface area contributed by atoms with Gasteiger partial charge >= 0.3 is 0 Å². The van der Waals surface area contributed by atoms with Gasteiger partial charge in [-0.15, -0.1) is 0 Å². The van der Waals surface area contributed by atoms with Crippen LogP contribution in [0, 0.1) is 0 Å². The number of nitrogens with zero attached hydrogens (tertiary/aromatic N) is 1. The quantitative estimate of drug-likeness (QED) is 0.620. The maximum Gasteiger partial charge on any atom is 0.0589 e. The maximum atomic E-state index is 6.42. The molecule has 1 fully saturated rings. The highest BCUT2D eigenvalue weighted by Gasteiger charge is 2.30. The first-order valence-electron chi connectivity index (χ1n) is 6.69. The van der Waals surface area contributed by atoms with E-state index in [4.69, 9.17) is 15.2 Å². The predicted octanol–water partition coefficient (Wildman–Crippen LogP) is 1.24. The number of rotatable bonds is 9. The Morgan fingerprint density at radius 1 is 1.06 bits per heavy atom. The fourth-order valence-electron chi connectivity index (χ4n) is 2.61. The van der Waals surface area contributed by atoms with Gasteiger partial charge in [-0.1, -0.05) is 12.8 Å². The molecule has 102 valence electrons. The monoisotopic (exact) mass is 244 g/mol. The fraction of sp³-hybridized carbons (Fsp3) is 1.00. The van der Waals surface area contributed by atoms with Crippen LogP contribution in [0.3, 0.4) is 0 Å². The Morgan fingerprint density at radius 2 is 1.71 bits per heavy atom. The highest BCUT2D eigenvalue weighted by molar-refractivity contribution is 4.92. The molecular formula is C13H28N2O2. The molecule has 0 atom stereocenters. The minimum atomic E-state index is 0.0425. The molecule has 0 saturated heterocycles. The second kappa shape index (κ2) is 8.03. The SMILES string of the molecule is COCCCN(CCOC)CC1(N)CCCC1. The molecule has 0 spiro atoms. The Kier molecular flexibility index (Phi) is 7.04. The molecule has 4 nitrogen and oxygen atoms in total. The maximum absolute atomic E-state index is 6.42. The summed E-state index contributed by atoms with van der Waals surface area (Å²) >= 11 is 0. The van der Waals surface area contributed by atoms with Gasteiger partial charge < -0.3 is 15.2 Å². The Hall–Kier alpha value is -0.160. The van der Waals surface area contributed by atoms with E-state index in [0.717, 1.165) is 39.3 Å². The molecule has 2 N–H and O–H groups in total. The zero-order chi connectivity index (χ0) is 12.6. The van der Waals surface area contributed by atoms with Gasteiger partial charge in [0, 0.05) is 46.0 Å². The van der Waals surface area contributed by atoms with E-state index in [2.05, 4.69) is 4.90 Å². The van der Waals surface area contributed by atoms with Crippen molar-refractivity contribution in [2.45, 2.75) is 37.6 Å². The van der Waals surface area contributed by atoms with Gasteiger partial charge in [0.2, 0.25) is 0 Å². The molecule has 0 radical (unpaired) electrons. The van der Waals surface area contributed by atoms with Gasteiger partial charge in [-0.25, -0.2) is 0 Å². The Bertz CT molecular complexity index is 194. The molecular weight excluding hydrogens is 216 g/mol. The molecule has 0 aliphatic heterocycles. The molecule has 1 rings (SSSR count). The molecule has 1 saturated carbocycles. The fourth-order valence-corrected chi connectivity index (χ4v) is 2.61. The third-order valence-corrected chi connectivity index (χ3v) is 3.57. The molecule has 0 heterocycles. The van der Waals surface area contributed by atoms with E-state index < -0.39 is 0 Å². The Balaban J connectivity index is 2.32. The number of hydrogen-bond donors (Lipinski definition) is 1. The van der Waals surface area contributed by atoms with Crippen LogP contribution in [-0.4, -0.2) is 57.5 Å². The summed E-state index contributed by atoms with van der Waals surface area (Å²) in [6.07, 6.45) is 5.97. The lowest BCUT2D eigenvalue weighted by molar-refractivity contribution is 0.117. The standard InChI is InChI=1S/C13H28N2O2/c1-16-10-5-8-15(9-11-17-2)12-13(14)6-3-4-7-13/h3-12,14H2,1-2H3. The second-order valence-electron chi connectivity index (χ2n) is 5.18. The summed E-state index contributed by atoms with van der Waals surface area (Å²) in [5.74, 6) is 0. The smallest absolute Gasteiger partial charge is 0.0589 e. The predicted molar refractivity (Wildman–Crippen MR) is 70.2 cm³/mol. The van der Waals surface area contributed by atoms with Gasteiger partial charge in [0.25, 0.3) is 0 Å². The van der Waals surface area contributed by atoms with E-state index in [1.807, 2.05) is 0 Å². The van der Waals surface area contributed by atoms with Crippen LogP contribution >= 0.6 is 0 Å². The number of methoxy groups -OCH3 is 2. The average molecular weight is 244 g/mol. The molecule has 0 aromatic carbocycles. The van der Waals surface area contributed by atoms with Gasteiger partial charge in [-0.3, -0.25) is 4.90 Å². The third-order valence-electron chi connectivity index (χ3n) is 3.57. The minimum absolute atomic E-state index is 0.0425. The van der Waals surface area contributed by atoms with Gasteiger partial charge in [0.1, 0.15) is 0 Å². The van der Waals surface area contributed by atoms with Crippen molar-refractivity contribution in [3.8, 4) is 0 Å². The van der Waals surface area contributed by atoms with Crippen LogP contribution in [0.15, 0.2) is 0 Å². The summed E-state index contributed by atoms with van der Waals surface area (Å²) in [5.41, 5.74) is 6.46. The van der Waals surface area contributed by atoms with Crippen LogP contribution < -0.4 is 5.73 Å². The molecule has 4 heteroatoms. The number of hydrogen-bond acceptors (Lipinski definition) is 4. The lowest BCUT2D eigenvalue weighted by Gasteiger charge is -2.32. The molecule has 0 aromatic heterocycles. The van der Waals surface area contributed by atoms with Crippen LogP contribution in [0.2, 0.25) is 0 Å². The Morgan fingerprint density at radius 3 is 2.29 bits per heavy atom. The largest absolute Gasteiger partial charge is 0.385 e. The van der Waals surface area contributed by atoms with Crippen LogP contribution in [-0.2, 0) is 9.47 Å². The van der Waals surface area contributed by atoms with E-state index in [0.29, 0.717) is 0 Å². The third kappa shape index (κ3) is 5.82. The zero-order valence-electron chi connectivity index (χ0n) is 11.4. The van der Waals surface area contributed by atoms with Gasteiger partial charge in [0.15, 0.2) is 0 Å². The topological polar surface area (TPSA) is 47.7 Å². The van der Waals surface area contributed by atoms with Crippen LogP contribution in [0.4, 0.5) is 0 Å². The van der Waals surface area contributed by atoms with Crippen LogP contribution in [0.5, 0.6) is 0 Å². The molecule has 0 aromatic rings. The van der Waals surface area contributed by atoms with Crippen LogP contribution in [0.1, 0.15) is 32.1 Å². The molecule has 1 aliphatic rings. The summed E-state index contributed by atoms with van der Waals surface area (Å²) in [6, 6.07) is 0. The van der Waals surface area contributed by atoms with E-state index >= 15 is 0 Å². The molecule has 1 aliphatic carbocycles. The van der Waals surface area contributed by atoms with Crippen molar-refractivity contribution >= 4 is 0 Å². The molecule has 0 amide bonds. The van der Waals surface area contributed by atoms with Crippen molar-refractivity contribution in [2.24, 2.45) is 5.73 Å². The van der Waals surface area contributed by atoms with Crippen molar-refractivity contribution in [1.82, 2.24) is 4.90 Å². The van der Waals surface area contributed by atoms with Crippen molar-refractivity contribution in [1.29, 1.82) is 0 Å². The minimum Gasteiger partial charge on any atom is -0.385 e. The highest BCUT2D eigenvalue weighted by atomic mass is 16.5. The lowest BCUT2D eigenvalue weighted by atomic mass is 9.98. The van der Waals surface area contributed by atoms with E-state index in [1.165, 1.54) is 25.7 Å². The molecule has 0 unspecified atom stereocenters. The first-order chi connectivity index (χ1) is 8.20. The average Bonchev–Trinajstić information content (AvgIpc) is 2.73. The van der Waals surface area contributed by atoms with Gasteiger partial charge in [-0.05, 0) is 19.3 Å². The first kappa shape index (κ1) is 14.9. The normalized spacial score (nSPS) is 19.1. The van der Waals surface area contributed by atoms with Crippen molar-refractivity contribution < 1.29 is 9.47 Å². The number of ether oxygens (including phenoxy) is 2. The van der Waals surface area contributed by atoms with E-state index in [-0.39, 0.29) is 5.54 Å². The van der Waals surface area contributed by atoms with Gasteiger partial charge in [0.05, 0.1) is 6.61 Å². The summed E-state index contributed by atoms with van der Waals surface area (Å²) in [6.45, 7) is 4.62. The highest BCUT2D eigenvalue weighted by Crippen LogP contribution is 2.27. The lowest BCUT2D eigenvalue weighted by Crippen LogP contribution is -2.49. The van der Waals surface area contributed by atoms with E-state index in [1.54, 1.807) is 14.2 Å². The van der Waals surface area contributed by atoms with Crippen molar-refractivity contribution in [2.75, 3.05) is 47.1 Å². The zero-order valence-corrected chi connectivity index (χ0v) is 11.4. The summed E-state index contributed by atoms with van der Waals surface area (Å²) in [7, 11) is 3.50. The first-order valence-corrected chi connectivity index (χ1v) is 6.69. The molecule has 17 heavy (non-hydrogen) atoms. The number of nitrogens with two attached hydrogens (primary N) is 1. The second-order valence-corrected chi connectivity index (χ2v) is 5.18.